The van der Waals surface area contributed by atoms with Gasteiger partial charge in [-0.3, -0.25) is 4.79 Å². The fourth-order valence-corrected chi connectivity index (χ4v) is 3.70. The van der Waals surface area contributed by atoms with Gasteiger partial charge in [-0.1, -0.05) is 11.3 Å². The number of imidazole rings is 1. The summed E-state index contributed by atoms with van der Waals surface area (Å²) in [6.45, 7) is 2.77. The van der Waals surface area contributed by atoms with Gasteiger partial charge in [0.1, 0.15) is 5.01 Å². The molecular formula is C15H14N4OS. The lowest BCUT2D eigenvalue weighted by molar-refractivity contribution is 0.0781. The molecule has 0 N–H and O–H groups in total. The van der Waals surface area contributed by atoms with Crippen LogP contribution in [0.5, 0.6) is 0 Å². The lowest BCUT2D eigenvalue weighted by Crippen LogP contribution is -2.34. The van der Waals surface area contributed by atoms with Crippen molar-refractivity contribution >= 4 is 22.2 Å². The highest BCUT2D eigenvalue weighted by Crippen LogP contribution is 2.33. The maximum atomic E-state index is 12.4. The number of aromatic nitrogens is 3. The first-order chi connectivity index (χ1) is 10.1. The molecule has 0 fully saturated rings. The summed E-state index contributed by atoms with van der Waals surface area (Å²) in [7, 11) is 1.85. The summed E-state index contributed by atoms with van der Waals surface area (Å²) >= 11 is 1.56. The van der Waals surface area contributed by atoms with Gasteiger partial charge in [0.25, 0.3) is 5.91 Å². The van der Waals surface area contributed by atoms with Crippen LogP contribution in [0, 0.1) is 6.92 Å². The first-order valence-electron chi connectivity index (χ1n) is 6.83. The molecule has 0 atom stereocenters. The summed E-state index contributed by atoms with van der Waals surface area (Å²) in [6.07, 6.45) is 4.46. The van der Waals surface area contributed by atoms with Crippen LogP contribution in [0.2, 0.25) is 0 Å². The van der Waals surface area contributed by atoms with Gasteiger partial charge in [-0.15, -0.1) is 0 Å². The first kappa shape index (κ1) is 12.5. The van der Waals surface area contributed by atoms with E-state index in [1.807, 2.05) is 26.2 Å². The number of likely N-dealkylation sites (N-methyl/N-ethyl adjacent to an activating group) is 1. The molecule has 0 saturated carbocycles. The number of fused-ring (bicyclic) bond motifs is 2. The molecule has 1 amide bonds. The van der Waals surface area contributed by atoms with Gasteiger partial charge in [-0.2, -0.15) is 5.10 Å². The molecule has 0 radical (unpaired) electrons. The van der Waals surface area contributed by atoms with Gasteiger partial charge in [0.05, 0.1) is 6.20 Å². The van der Waals surface area contributed by atoms with Crippen LogP contribution in [-0.2, 0) is 6.42 Å². The number of rotatable bonds is 1. The fraction of sp³-hybridized carbons (Fsp3) is 0.267. The zero-order valence-corrected chi connectivity index (χ0v) is 12.6. The molecule has 0 bridgehead atoms. The normalized spacial score (nSPS) is 14.8. The van der Waals surface area contributed by atoms with Crippen molar-refractivity contribution in [3.05, 3.63) is 41.2 Å². The number of carbonyl (C=O) groups is 1. The number of carbonyl (C=O) groups excluding carboxylic acids is 1. The molecule has 6 heteroatoms. The Morgan fingerprint density at radius 3 is 2.90 bits per heavy atom. The molecule has 21 heavy (non-hydrogen) atoms. The molecule has 5 nitrogen and oxygen atoms in total. The molecule has 1 aliphatic heterocycles. The van der Waals surface area contributed by atoms with Gasteiger partial charge in [0.2, 0.25) is 4.96 Å². The third kappa shape index (κ3) is 1.86. The zero-order valence-electron chi connectivity index (χ0n) is 11.8. The van der Waals surface area contributed by atoms with E-state index in [1.54, 1.807) is 26.9 Å². The van der Waals surface area contributed by atoms with Crippen molar-refractivity contribution in [3.63, 3.8) is 0 Å². The highest BCUT2D eigenvalue weighted by Gasteiger charge is 2.25. The van der Waals surface area contributed by atoms with Crippen LogP contribution in [0.3, 0.4) is 0 Å². The van der Waals surface area contributed by atoms with Crippen molar-refractivity contribution in [2.24, 2.45) is 0 Å². The second-order valence-electron chi connectivity index (χ2n) is 5.38. The van der Waals surface area contributed by atoms with E-state index in [-0.39, 0.29) is 5.91 Å². The van der Waals surface area contributed by atoms with E-state index >= 15 is 0 Å². The highest BCUT2D eigenvalue weighted by atomic mass is 32.1. The Balaban J connectivity index is 1.95. The van der Waals surface area contributed by atoms with Crippen molar-refractivity contribution in [1.29, 1.82) is 0 Å². The molecule has 4 rings (SSSR count). The summed E-state index contributed by atoms with van der Waals surface area (Å²) in [5.41, 5.74) is 4.08. The van der Waals surface area contributed by atoms with Crippen LogP contribution in [0.25, 0.3) is 15.5 Å². The summed E-state index contributed by atoms with van der Waals surface area (Å²) in [5, 5.41) is 5.51. The van der Waals surface area contributed by atoms with E-state index in [2.05, 4.69) is 16.1 Å². The van der Waals surface area contributed by atoms with Crippen LogP contribution in [0.4, 0.5) is 0 Å². The Morgan fingerprint density at radius 2 is 2.10 bits per heavy atom. The Kier molecular flexibility index (Phi) is 2.62. The van der Waals surface area contributed by atoms with Gasteiger partial charge >= 0.3 is 0 Å². The standard InChI is InChI=1S/C15H14N4OS/c1-9-7-11(13-17-19-6-4-16-15(19)21-13)10-3-5-18(2)14(20)12(10)8-9/h4,6-8H,3,5H2,1-2H3. The molecule has 106 valence electrons. The Morgan fingerprint density at radius 1 is 1.29 bits per heavy atom. The molecule has 0 spiro atoms. The van der Waals surface area contributed by atoms with Crippen molar-refractivity contribution in [3.8, 4) is 10.6 Å². The molecular weight excluding hydrogens is 284 g/mol. The second-order valence-corrected chi connectivity index (χ2v) is 6.33. The molecule has 3 aromatic rings. The minimum atomic E-state index is 0.0996. The third-order valence-electron chi connectivity index (χ3n) is 3.87. The smallest absolute Gasteiger partial charge is 0.253 e. The van der Waals surface area contributed by atoms with Crippen LogP contribution < -0.4 is 0 Å². The SMILES string of the molecule is Cc1cc2c(c(-c3nn4ccnc4s3)c1)CCN(C)C2=O. The van der Waals surface area contributed by atoms with Gasteiger partial charge < -0.3 is 4.90 Å². The van der Waals surface area contributed by atoms with Crippen molar-refractivity contribution in [1.82, 2.24) is 19.5 Å². The molecule has 0 aliphatic carbocycles. The number of benzene rings is 1. The number of hydrogen-bond acceptors (Lipinski definition) is 4. The summed E-state index contributed by atoms with van der Waals surface area (Å²) in [5.74, 6) is 0.0996. The minimum absolute atomic E-state index is 0.0996. The highest BCUT2D eigenvalue weighted by molar-refractivity contribution is 7.19. The number of hydrogen-bond donors (Lipinski definition) is 0. The van der Waals surface area contributed by atoms with E-state index in [4.69, 9.17) is 0 Å². The Labute approximate surface area is 125 Å². The van der Waals surface area contributed by atoms with Crippen molar-refractivity contribution in [2.45, 2.75) is 13.3 Å². The molecule has 3 heterocycles. The van der Waals surface area contributed by atoms with Crippen LogP contribution in [-0.4, -0.2) is 39.0 Å². The molecule has 0 saturated heterocycles. The topological polar surface area (TPSA) is 50.5 Å². The fourth-order valence-electron chi connectivity index (χ4n) is 2.80. The van der Waals surface area contributed by atoms with Gasteiger partial charge in [0, 0.05) is 30.9 Å². The van der Waals surface area contributed by atoms with E-state index in [9.17, 15) is 4.79 Å². The molecule has 2 aromatic heterocycles. The summed E-state index contributed by atoms with van der Waals surface area (Å²) in [4.78, 5) is 19.3. The predicted molar refractivity (Wildman–Crippen MR) is 81.7 cm³/mol. The lowest BCUT2D eigenvalue weighted by atomic mass is 9.92. The number of aryl methyl sites for hydroxylation is 1. The maximum Gasteiger partial charge on any atom is 0.253 e. The second kappa shape index (κ2) is 4.39. The first-order valence-corrected chi connectivity index (χ1v) is 7.64. The maximum absolute atomic E-state index is 12.4. The van der Waals surface area contributed by atoms with Gasteiger partial charge in [0.15, 0.2) is 0 Å². The van der Waals surface area contributed by atoms with Gasteiger partial charge in [-0.25, -0.2) is 9.50 Å². The van der Waals surface area contributed by atoms with E-state index < -0.39 is 0 Å². The largest absolute Gasteiger partial charge is 0.341 e. The summed E-state index contributed by atoms with van der Waals surface area (Å²) < 4.78 is 1.78. The Hall–Kier alpha value is -2.21. The average Bonchev–Trinajstić information content (AvgIpc) is 3.03. The zero-order chi connectivity index (χ0) is 14.6. The van der Waals surface area contributed by atoms with Crippen LogP contribution >= 0.6 is 11.3 Å². The molecule has 1 aliphatic rings. The average molecular weight is 298 g/mol. The molecule has 1 aromatic carbocycles. The summed E-state index contributed by atoms with van der Waals surface area (Å²) in [6, 6.07) is 4.10. The van der Waals surface area contributed by atoms with Crippen LogP contribution in [0.15, 0.2) is 24.5 Å². The van der Waals surface area contributed by atoms with Crippen molar-refractivity contribution in [2.75, 3.05) is 13.6 Å². The number of amides is 1. The predicted octanol–water partition coefficient (Wildman–Crippen LogP) is 2.39. The third-order valence-corrected chi connectivity index (χ3v) is 4.84. The molecule has 0 unspecified atom stereocenters. The quantitative estimate of drug-likeness (QED) is 0.693. The Bertz CT molecular complexity index is 835. The monoisotopic (exact) mass is 298 g/mol. The number of nitrogens with zero attached hydrogens (tertiary/aromatic N) is 4. The van der Waals surface area contributed by atoms with Crippen molar-refractivity contribution < 1.29 is 4.79 Å². The van der Waals surface area contributed by atoms with E-state index in [0.29, 0.717) is 0 Å². The minimum Gasteiger partial charge on any atom is -0.341 e. The van der Waals surface area contributed by atoms with E-state index in [1.165, 1.54) is 0 Å². The lowest BCUT2D eigenvalue weighted by Gasteiger charge is -2.26. The van der Waals surface area contributed by atoms with E-state index in [0.717, 1.165) is 45.2 Å². The van der Waals surface area contributed by atoms with Gasteiger partial charge in [-0.05, 0) is 36.6 Å². The van der Waals surface area contributed by atoms with Crippen LogP contribution in [0.1, 0.15) is 21.5 Å².